The lowest BCUT2D eigenvalue weighted by atomic mass is 10.3. The van der Waals surface area contributed by atoms with Gasteiger partial charge in [-0.2, -0.15) is 0 Å². The molecule has 4 nitrogen and oxygen atoms in total. The van der Waals surface area contributed by atoms with Crippen LogP contribution >= 0.6 is 0 Å². The largest absolute Gasteiger partial charge is 0.373 e. The van der Waals surface area contributed by atoms with Crippen LogP contribution in [-0.2, 0) is 10.0 Å². The maximum absolute atomic E-state index is 11.6. The van der Waals surface area contributed by atoms with Crippen molar-refractivity contribution in [3.05, 3.63) is 30.3 Å². The first-order valence-electron chi connectivity index (χ1n) is 5.83. The number of anilines is 1. The molecule has 0 saturated carbocycles. The van der Waals surface area contributed by atoms with Crippen LogP contribution < -0.4 is 4.90 Å². The van der Waals surface area contributed by atoms with Crippen LogP contribution in [0, 0.1) is 0 Å². The number of para-hydroxylation sites is 1. The molecule has 1 saturated heterocycles. The van der Waals surface area contributed by atoms with Crippen LogP contribution in [-0.4, -0.2) is 45.2 Å². The predicted octanol–water partition coefficient (Wildman–Crippen LogP) is 1.16. The highest BCUT2D eigenvalue weighted by atomic mass is 32.2. The second-order valence-electron chi connectivity index (χ2n) is 4.33. The molecule has 17 heavy (non-hydrogen) atoms. The fraction of sp³-hybridized carbons (Fsp3) is 0.500. The summed E-state index contributed by atoms with van der Waals surface area (Å²) in [5, 5.41) is 0. The molecule has 0 atom stereocenters. The van der Waals surface area contributed by atoms with Gasteiger partial charge < -0.3 is 4.90 Å². The van der Waals surface area contributed by atoms with Crippen LogP contribution in [0.5, 0.6) is 0 Å². The van der Waals surface area contributed by atoms with E-state index in [-0.39, 0.29) is 0 Å². The lowest BCUT2D eigenvalue weighted by molar-refractivity contribution is 0.449. The molecule has 0 radical (unpaired) electrons. The fourth-order valence-corrected chi connectivity index (χ4v) is 3.53. The van der Waals surface area contributed by atoms with E-state index in [0.29, 0.717) is 18.8 Å². The Bertz CT molecular complexity index is 459. The first-order valence-corrected chi connectivity index (χ1v) is 7.44. The second kappa shape index (κ2) is 5.06. The number of hydrogen-bond donors (Lipinski definition) is 0. The van der Waals surface area contributed by atoms with Crippen LogP contribution in [0.4, 0.5) is 5.69 Å². The maximum atomic E-state index is 11.6. The van der Waals surface area contributed by atoms with Crippen molar-refractivity contribution in [1.82, 2.24) is 4.31 Å². The Kier molecular flexibility index (Phi) is 3.69. The van der Waals surface area contributed by atoms with E-state index in [1.54, 1.807) is 4.31 Å². The van der Waals surface area contributed by atoms with E-state index in [4.69, 9.17) is 0 Å². The predicted molar refractivity (Wildman–Crippen MR) is 69.7 cm³/mol. The Morgan fingerprint density at radius 2 is 2.00 bits per heavy atom. The average Bonchev–Trinajstić information content (AvgIpc) is 2.66. The second-order valence-corrected chi connectivity index (χ2v) is 6.41. The number of nitrogens with zero attached hydrogens (tertiary/aromatic N) is 2. The van der Waals surface area contributed by atoms with Crippen LogP contribution in [0.3, 0.4) is 0 Å². The van der Waals surface area contributed by atoms with E-state index < -0.39 is 10.0 Å². The van der Waals surface area contributed by atoms with Crippen molar-refractivity contribution < 1.29 is 8.42 Å². The topological polar surface area (TPSA) is 40.6 Å². The standard InChI is InChI=1S/C12H18N2O2S/c1-13(12-6-3-2-4-7-12)9-10-14-8-5-11-17(14,15)16/h2-4,6-7H,5,8-11H2,1H3. The van der Waals surface area contributed by atoms with Crippen molar-refractivity contribution in [2.45, 2.75) is 6.42 Å². The van der Waals surface area contributed by atoms with Crippen LogP contribution in [0.1, 0.15) is 6.42 Å². The number of sulfonamides is 1. The molecule has 1 aromatic carbocycles. The third kappa shape index (κ3) is 2.98. The monoisotopic (exact) mass is 254 g/mol. The first kappa shape index (κ1) is 12.4. The van der Waals surface area contributed by atoms with Gasteiger partial charge in [-0.25, -0.2) is 12.7 Å². The molecule has 0 bridgehead atoms. The molecule has 2 rings (SSSR count). The van der Waals surface area contributed by atoms with E-state index in [1.165, 1.54) is 0 Å². The van der Waals surface area contributed by atoms with E-state index in [2.05, 4.69) is 4.90 Å². The minimum Gasteiger partial charge on any atom is -0.373 e. The summed E-state index contributed by atoms with van der Waals surface area (Å²) in [5.74, 6) is 0.308. The number of benzene rings is 1. The molecule has 1 aliphatic heterocycles. The Hall–Kier alpha value is -1.07. The molecule has 0 aromatic heterocycles. The molecule has 5 heteroatoms. The Morgan fingerprint density at radius 1 is 1.29 bits per heavy atom. The molecule has 1 aliphatic rings. The Balaban J connectivity index is 1.91. The van der Waals surface area contributed by atoms with Gasteiger partial charge in [-0.1, -0.05) is 18.2 Å². The zero-order valence-corrected chi connectivity index (χ0v) is 10.9. The third-order valence-corrected chi connectivity index (χ3v) is 5.04. The van der Waals surface area contributed by atoms with Crippen LogP contribution in [0.2, 0.25) is 0 Å². The van der Waals surface area contributed by atoms with Gasteiger partial charge in [-0.05, 0) is 18.6 Å². The normalized spacial score (nSPS) is 19.4. The van der Waals surface area contributed by atoms with Gasteiger partial charge in [-0.15, -0.1) is 0 Å². The molecule has 1 heterocycles. The van der Waals surface area contributed by atoms with Crippen molar-refractivity contribution in [2.75, 3.05) is 37.3 Å². The quantitative estimate of drug-likeness (QED) is 0.809. The minimum absolute atomic E-state index is 0.308. The lowest BCUT2D eigenvalue weighted by Crippen LogP contribution is -2.34. The Labute approximate surface area is 103 Å². The van der Waals surface area contributed by atoms with Gasteiger partial charge in [-0.3, -0.25) is 0 Å². The minimum atomic E-state index is -2.96. The number of rotatable bonds is 4. The molecule has 1 fully saturated rings. The van der Waals surface area contributed by atoms with E-state index in [9.17, 15) is 8.42 Å². The number of hydrogen-bond acceptors (Lipinski definition) is 3. The zero-order chi connectivity index (χ0) is 12.3. The SMILES string of the molecule is CN(CCN1CCCS1(=O)=O)c1ccccc1. The van der Waals surface area contributed by atoms with Gasteiger partial charge in [0.2, 0.25) is 10.0 Å². The highest BCUT2D eigenvalue weighted by Gasteiger charge is 2.27. The van der Waals surface area contributed by atoms with Crippen molar-refractivity contribution in [1.29, 1.82) is 0 Å². The summed E-state index contributed by atoms with van der Waals surface area (Å²) in [7, 11) is -0.974. The summed E-state index contributed by atoms with van der Waals surface area (Å²) >= 11 is 0. The summed E-state index contributed by atoms with van der Waals surface area (Å²) in [6, 6.07) is 10.00. The molecule has 1 aromatic rings. The van der Waals surface area contributed by atoms with Crippen LogP contribution in [0.25, 0.3) is 0 Å². The third-order valence-electron chi connectivity index (χ3n) is 3.08. The van der Waals surface area contributed by atoms with E-state index in [1.807, 2.05) is 37.4 Å². The smallest absolute Gasteiger partial charge is 0.214 e. The van der Waals surface area contributed by atoms with Gasteiger partial charge in [0, 0.05) is 32.4 Å². The average molecular weight is 254 g/mol. The molecule has 0 unspecified atom stereocenters. The van der Waals surface area contributed by atoms with E-state index in [0.717, 1.165) is 18.7 Å². The lowest BCUT2D eigenvalue weighted by Gasteiger charge is -2.22. The highest BCUT2D eigenvalue weighted by molar-refractivity contribution is 7.89. The molecule has 0 spiro atoms. The highest BCUT2D eigenvalue weighted by Crippen LogP contribution is 2.15. The van der Waals surface area contributed by atoms with Crippen molar-refractivity contribution in [3.8, 4) is 0 Å². The molecular weight excluding hydrogens is 236 g/mol. The van der Waals surface area contributed by atoms with E-state index >= 15 is 0 Å². The van der Waals surface area contributed by atoms with Gasteiger partial charge in [0.15, 0.2) is 0 Å². The van der Waals surface area contributed by atoms with Crippen molar-refractivity contribution in [2.24, 2.45) is 0 Å². The van der Waals surface area contributed by atoms with Crippen molar-refractivity contribution in [3.63, 3.8) is 0 Å². The number of likely N-dealkylation sites (N-methyl/N-ethyl adjacent to an activating group) is 1. The molecule has 0 N–H and O–H groups in total. The molecule has 94 valence electrons. The summed E-state index contributed by atoms with van der Waals surface area (Å²) in [5.41, 5.74) is 1.11. The maximum Gasteiger partial charge on any atom is 0.214 e. The summed E-state index contributed by atoms with van der Waals surface area (Å²) in [6.07, 6.45) is 0.761. The van der Waals surface area contributed by atoms with Gasteiger partial charge in [0.25, 0.3) is 0 Å². The van der Waals surface area contributed by atoms with Gasteiger partial charge >= 0.3 is 0 Å². The van der Waals surface area contributed by atoms with Gasteiger partial charge in [0.1, 0.15) is 0 Å². The summed E-state index contributed by atoms with van der Waals surface area (Å²) < 4.78 is 24.8. The molecular formula is C12H18N2O2S. The summed E-state index contributed by atoms with van der Waals surface area (Å²) in [4.78, 5) is 2.08. The fourth-order valence-electron chi connectivity index (χ4n) is 2.02. The van der Waals surface area contributed by atoms with Gasteiger partial charge in [0.05, 0.1) is 5.75 Å². The molecule has 0 amide bonds. The first-order chi connectivity index (χ1) is 8.09. The van der Waals surface area contributed by atoms with Crippen molar-refractivity contribution >= 4 is 15.7 Å². The summed E-state index contributed by atoms with van der Waals surface area (Å²) in [6.45, 7) is 1.97. The molecule has 0 aliphatic carbocycles. The zero-order valence-electron chi connectivity index (χ0n) is 10.0. The Morgan fingerprint density at radius 3 is 2.59 bits per heavy atom. The van der Waals surface area contributed by atoms with Crippen LogP contribution in [0.15, 0.2) is 30.3 Å².